The summed E-state index contributed by atoms with van der Waals surface area (Å²) in [5.41, 5.74) is 24.0. The van der Waals surface area contributed by atoms with Crippen molar-refractivity contribution in [2.45, 2.75) is 0 Å². The lowest BCUT2D eigenvalue weighted by Crippen LogP contribution is -1.98. The van der Waals surface area contributed by atoms with Gasteiger partial charge < -0.3 is 9.13 Å². The molecule has 2 nitrogen and oxygen atoms in total. The van der Waals surface area contributed by atoms with Gasteiger partial charge in [-0.25, -0.2) is 0 Å². The SMILES string of the molecule is c1ccc(-c2ccc(-n3c4ccccc4c4cc(-c5ccc(-c6ccc(-c7ccc(-c8ccc(-c9ccc%10c(c9)c9ccccc9n%10-c9ccc(-c%10ccccc%10)cc9-c9ccccc9)cc8)s7)s6)cc5)ccc43)c(-c3ccccc3)c2)cc1. The average molecular weight is 1110 g/mol. The minimum absolute atomic E-state index is 1.17. The van der Waals surface area contributed by atoms with Crippen LogP contribution in [0.2, 0.25) is 0 Å². The van der Waals surface area contributed by atoms with Crippen LogP contribution >= 0.6 is 22.7 Å². The Morgan fingerprint density at radius 2 is 0.464 bits per heavy atom. The molecule has 0 spiro atoms. The number of fused-ring (bicyclic) bond motifs is 6. The van der Waals surface area contributed by atoms with E-state index in [2.05, 4.69) is 325 Å². The lowest BCUT2D eigenvalue weighted by molar-refractivity contribution is 1.18. The Morgan fingerprint density at radius 1 is 0.179 bits per heavy atom. The van der Waals surface area contributed by atoms with Crippen molar-refractivity contribution in [1.29, 1.82) is 0 Å². The first kappa shape index (κ1) is 49.5. The van der Waals surface area contributed by atoms with E-state index in [1.165, 1.54) is 152 Å². The molecule has 394 valence electrons. The maximum absolute atomic E-state index is 2.45. The molecular weight excluding hydrogens is 1050 g/mol. The number of hydrogen-bond acceptors (Lipinski definition) is 2. The third kappa shape index (κ3) is 8.79. The summed E-state index contributed by atoms with van der Waals surface area (Å²) >= 11 is 3.72. The summed E-state index contributed by atoms with van der Waals surface area (Å²) in [6.07, 6.45) is 0. The zero-order chi connectivity index (χ0) is 55.5. The lowest BCUT2D eigenvalue weighted by atomic mass is 9.97. The number of benzene rings is 12. The van der Waals surface area contributed by atoms with E-state index in [9.17, 15) is 0 Å². The summed E-state index contributed by atoms with van der Waals surface area (Å²) in [5.74, 6) is 0. The normalized spacial score (nSPS) is 11.6. The highest BCUT2D eigenvalue weighted by atomic mass is 32.1. The second kappa shape index (κ2) is 20.9. The molecule has 4 heterocycles. The molecule has 0 fully saturated rings. The van der Waals surface area contributed by atoms with Gasteiger partial charge in [0.25, 0.3) is 0 Å². The summed E-state index contributed by atoms with van der Waals surface area (Å²) in [6, 6.07) is 116. The minimum atomic E-state index is 1.17. The van der Waals surface area contributed by atoms with E-state index in [-0.39, 0.29) is 0 Å². The first-order valence-electron chi connectivity index (χ1n) is 28.6. The Kier molecular flexibility index (Phi) is 12.3. The fourth-order valence-corrected chi connectivity index (χ4v) is 14.6. The molecule has 0 bridgehead atoms. The number of para-hydroxylation sites is 2. The summed E-state index contributed by atoms with van der Waals surface area (Å²) < 4.78 is 4.90. The monoisotopic (exact) mass is 1100 g/mol. The second-order valence-corrected chi connectivity index (χ2v) is 23.7. The Bertz CT molecular complexity index is 4760. The molecule has 0 aliphatic rings. The van der Waals surface area contributed by atoms with E-state index in [1.807, 2.05) is 22.7 Å². The van der Waals surface area contributed by atoms with Crippen molar-refractivity contribution in [1.82, 2.24) is 9.13 Å². The fourth-order valence-electron chi connectivity index (χ4n) is 12.5. The van der Waals surface area contributed by atoms with Gasteiger partial charge in [-0.15, -0.1) is 22.7 Å². The molecule has 16 aromatic rings. The zero-order valence-electron chi connectivity index (χ0n) is 45.7. The topological polar surface area (TPSA) is 9.86 Å². The van der Waals surface area contributed by atoms with Gasteiger partial charge in [-0.05, 0) is 152 Å². The second-order valence-electron chi connectivity index (χ2n) is 21.6. The van der Waals surface area contributed by atoms with Crippen LogP contribution < -0.4 is 0 Å². The van der Waals surface area contributed by atoms with Crippen LogP contribution in [0, 0.1) is 0 Å². The number of hydrogen-bond donors (Lipinski definition) is 0. The van der Waals surface area contributed by atoms with E-state index in [0.717, 1.165) is 0 Å². The molecule has 84 heavy (non-hydrogen) atoms. The van der Waals surface area contributed by atoms with Gasteiger partial charge in [0.15, 0.2) is 0 Å². The zero-order valence-corrected chi connectivity index (χ0v) is 47.4. The van der Waals surface area contributed by atoms with Gasteiger partial charge >= 0.3 is 0 Å². The van der Waals surface area contributed by atoms with Crippen molar-refractivity contribution >= 4 is 66.3 Å². The van der Waals surface area contributed by atoms with E-state index in [4.69, 9.17) is 0 Å². The van der Waals surface area contributed by atoms with Crippen molar-refractivity contribution in [3.8, 4) is 109 Å². The maximum atomic E-state index is 2.45. The molecular formula is C80H52N2S2. The van der Waals surface area contributed by atoms with E-state index < -0.39 is 0 Å². The maximum Gasteiger partial charge on any atom is 0.0541 e. The first-order valence-corrected chi connectivity index (χ1v) is 30.3. The molecule has 0 unspecified atom stereocenters. The van der Waals surface area contributed by atoms with E-state index in [1.54, 1.807) is 0 Å². The fraction of sp³-hybridized carbons (Fsp3) is 0. The lowest BCUT2D eigenvalue weighted by Gasteiger charge is -2.16. The molecule has 12 aromatic carbocycles. The minimum Gasteiger partial charge on any atom is -0.309 e. The van der Waals surface area contributed by atoms with E-state index in [0.29, 0.717) is 0 Å². The molecule has 0 saturated carbocycles. The van der Waals surface area contributed by atoms with Gasteiger partial charge in [0.05, 0.1) is 33.4 Å². The van der Waals surface area contributed by atoms with E-state index >= 15 is 0 Å². The van der Waals surface area contributed by atoms with Crippen molar-refractivity contribution in [2.75, 3.05) is 0 Å². The standard InChI is InChI=1S/C80H52N2S2/c1-5-17-53(18-6-1)61-37-41-73(67(49-61)57-21-9-3-10-22-57)81-71-27-15-13-25-65(71)69-51-63(39-43-75(69)81)55-29-33-59(34-30-55)77-45-47-79(83-77)80-48-46-78(84-80)60-35-31-56(32-36-60)64-40-44-76-70(52-64)66-26-14-16-28-72(66)82(76)74-42-38-62(54-19-7-2-8-20-54)50-68(74)58-23-11-4-12-24-58/h1-52H. The number of rotatable bonds is 11. The molecule has 16 rings (SSSR count). The van der Waals surface area contributed by atoms with Gasteiger partial charge in [0.2, 0.25) is 0 Å². The van der Waals surface area contributed by atoms with Crippen LogP contribution in [0.5, 0.6) is 0 Å². The average Bonchev–Trinajstić information content (AvgIpc) is 3.70. The van der Waals surface area contributed by atoms with Gasteiger partial charge in [-0.3, -0.25) is 0 Å². The molecule has 0 atom stereocenters. The van der Waals surface area contributed by atoms with Gasteiger partial charge in [-0.1, -0.05) is 231 Å². The van der Waals surface area contributed by atoms with Crippen LogP contribution in [0.25, 0.3) is 152 Å². The molecule has 0 aliphatic heterocycles. The van der Waals surface area contributed by atoms with Crippen LogP contribution in [0.15, 0.2) is 315 Å². The highest BCUT2D eigenvalue weighted by Gasteiger charge is 2.20. The number of nitrogens with zero attached hydrogens (tertiary/aromatic N) is 2. The number of thiophene rings is 2. The van der Waals surface area contributed by atoms with Crippen molar-refractivity contribution in [3.63, 3.8) is 0 Å². The largest absolute Gasteiger partial charge is 0.309 e. The Balaban J connectivity index is 0.656. The van der Waals surface area contributed by atoms with Crippen molar-refractivity contribution in [3.05, 3.63) is 315 Å². The number of aromatic nitrogens is 2. The van der Waals surface area contributed by atoms with Crippen molar-refractivity contribution < 1.29 is 0 Å². The molecule has 4 aromatic heterocycles. The van der Waals surface area contributed by atoms with Crippen molar-refractivity contribution in [2.24, 2.45) is 0 Å². The molecule has 4 heteroatoms. The van der Waals surface area contributed by atoms with Gasteiger partial charge in [-0.2, -0.15) is 0 Å². The highest BCUT2D eigenvalue weighted by molar-refractivity contribution is 7.25. The van der Waals surface area contributed by atoms with Crippen LogP contribution in [-0.4, -0.2) is 9.13 Å². The predicted octanol–water partition coefficient (Wildman–Crippen LogP) is 23.0. The van der Waals surface area contributed by atoms with Crippen LogP contribution in [0.4, 0.5) is 0 Å². The molecule has 0 aliphatic carbocycles. The Hall–Kier alpha value is -10.4. The highest BCUT2D eigenvalue weighted by Crippen LogP contribution is 2.45. The first-order chi connectivity index (χ1) is 41.6. The third-order valence-corrected chi connectivity index (χ3v) is 19.1. The quantitative estimate of drug-likeness (QED) is 0.122. The molecule has 0 saturated heterocycles. The van der Waals surface area contributed by atoms with Crippen LogP contribution in [0.1, 0.15) is 0 Å². The summed E-state index contributed by atoms with van der Waals surface area (Å²) in [4.78, 5) is 5.09. The smallest absolute Gasteiger partial charge is 0.0541 e. The summed E-state index contributed by atoms with van der Waals surface area (Å²) in [7, 11) is 0. The Labute approximate surface area is 496 Å². The third-order valence-electron chi connectivity index (χ3n) is 16.7. The van der Waals surface area contributed by atoms with Crippen LogP contribution in [0.3, 0.4) is 0 Å². The predicted molar refractivity (Wildman–Crippen MR) is 360 cm³/mol. The molecule has 0 N–H and O–H groups in total. The summed E-state index contributed by atoms with van der Waals surface area (Å²) in [6.45, 7) is 0. The van der Waals surface area contributed by atoms with Crippen LogP contribution in [-0.2, 0) is 0 Å². The molecule has 0 amide bonds. The Morgan fingerprint density at radius 3 is 0.869 bits per heavy atom. The molecule has 0 radical (unpaired) electrons. The van der Waals surface area contributed by atoms with Gasteiger partial charge in [0, 0.05) is 52.2 Å². The summed E-state index contributed by atoms with van der Waals surface area (Å²) in [5, 5.41) is 4.97. The van der Waals surface area contributed by atoms with Gasteiger partial charge in [0.1, 0.15) is 0 Å².